The third kappa shape index (κ3) is 6.20. The molecule has 4 aromatic carbocycles. The van der Waals surface area contributed by atoms with Crippen LogP contribution in [0.3, 0.4) is 0 Å². The van der Waals surface area contributed by atoms with Gasteiger partial charge in [0.05, 0.1) is 60.4 Å². The number of imide groups is 2. The summed E-state index contributed by atoms with van der Waals surface area (Å²) in [4.78, 5) is 60.4. The van der Waals surface area contributed by atoms with Gasteiger partial charge in [-0.15, -0.1) is 0 Å². The molecular weight excluding hydrogens is 751 g/mol. The first-order valence-corrected chi connectivity index (χ1v) is 19.1. The second-order valence-electron chi connectivity index (χ2n) is 14.9. The van der Waals surface area contributed by atoms with Crippen LogP contribution in [0.25, 0.3) is 12.2 Å². The van der Waals surface area contributed by atoms with Crippen molar-refractivity contribution in [2.24, 2.45) is 29.1 Å². The van der Waals surface area contributed by atoms with Crippen LogP contribution in [-0.4, -0.2) is 56.2 Å². The first kappa shape index (κ1) is 38.1. The predicted octanol–water partition coefficient (Wildman–Crippen LogP) is 7.47. The number of carbonyl (C=O) groups excluding carboxylic acids is 4. The van der Waals surface area contributed by atoms with Crippen molar-refractivity contribution >= 4 is 58.8 Å². The van der Waals surface area contributed by atoms with E-state index in [1.54, 1.807) is 45.4 Å². The van der Waals surface area contributed by atoms with Crippen molar-refractivity contribution in [3.8, 4) is 17.2 Å². The minimum Gasteiger partial charge on any atom is -0.497 e. The molecule has 1 saturated carbocycles. The Morgan fingerprint density at radius 1 is 0.842 bits per heavy atom. The highest BCUT2D eigenvalue weighted by Gasteiger charge is 2.68. The maximum absolute atomic E-state index is 14.8. The Kier molecular flexibility index (Phi) is 9.99. The molecule has 0 spiro atoms. The van der Waals surface area contributed by atoms with Crippen LogP contribution in [0.1, 0.15) is 42.4 Å². The first-order valence-electron chi connectivity index (χ1n) is 18.8. The lowest BCUT2D eigenvalue weighted by Gasteiger charge is -2.49. The fourth-order valence-corrected chi connectivity index (χ4v) is 9.56. The molecule has 0 aromatic heterocycles. The van der Waals surface area contributed by atoms with E-state index in [4.69, 9.17) is 25.8 Å². The highest BCUT2D eigenvalue weighted by Crippen LogP contribution is 2.64. The Hall–Kier alpha value is -5.78. The SMILES string of the molecule is COc1ccc(OC)c(C=Cc2ccc(N3C(=O)[C@H]4[C@H](CC=C5[C@H]4C[C@H]4C(=O)N(c6ccc(F)c(Cl)c6)C(=O)[C@@]4(C)[C@H]5c4ccccc4OCCO)C3=O)cc2)c1. The van der Waals surface area contributed by atoms with Crippen molar-refractivity contribution in [3.05, 3.63) is 124 Å². The van der Waals surface area contributed by atoms with E-state index >= 15 is 0 Å². The minimum absolute atomic E-state index is 0.00411. The lowest BCUT2D eigenvalue weighted by molar-refractivity contribution is -0.131. The van der Waals surface area contributed by atoms with Gasteiger partial charge in [0.1, 0.15) is 29.7 Å². The number of halogens is 2. The summed E-state index contributed by atoms with van der Waals surface area (Å²) in [5, 5.41) is 9.40. The second kappa shape index (κ2) is 14.9. The van der Waals surface area contributed by atoms with Crippen LogP contribution in [0.2, 0.25) is 5.02 Å². The molecule has 12 heteroatoms. The number of rotatable bonds is 10. The van der Waals surface area contributed by atoms with Gasteiger partial charge in [-0.1, -0.05) is 65.7 Å². The Labute approximate surface area is 334 Å². The number of nitrogens with zero attached hydrogens (tertiary/aromatic N) is 2. The molecule has 4 aromatic rings. The van der Waals surface area contributed by atoms with Crippen LogP contribution in [0, 0.1) is 34.9 Å². The van der Waals surface area contributed by atoms with E-state index in [-0.39, 0.29) is 48.6 Å². The minimum atomic E-state index is -1.35. The molecule has 1 N–H and O–H groups in total. The molecule has 6 atom stereocenters. The number of allylic oxidation sites excluding steroid dienone is 2. The summed E-state index contributed by atoms with van der Waals surface area (Å²) in [6.45, 7) is 1.51. The molecule has 10 nitrogen and oxygen atoms in total. The van der Waals surface area contributed by atoms with Crippen molar-refractivity contribution in [2.45, 2.75) is 25.7 Å². The van der Waals surface area contributed by atoms with E-state index in [1.165, 1.54) is 17.0 Å². The molecule has 4 amide bonds. The number of benzene rings is 4. The second-order valence-corrected chi connectivity index (χ2v) is 15.3. The molecule has 0 unspecified atom stereocenters. The average molecular weight is 791 g/mol. The molecular formula is C45H40ClFN2O8. The molecule has 57 heavy (non-hydrogen) atoms. The zero-order valence-electron chi connectivity index (χ0n) is 31.5. The number of methoxy groups -OCH3 is 2. The van der Waals surface area contributed by atoms with E-state index in [0.29, 0.717) is 28.5 Å². The van der Waals surface area contributed by atoms with Crippen molar-refractivity contribution in [3.63, 3.8) is 0 Å². The van der Waals surface area contributed by atoms with Crippen LogP contribution < -0.4 is 24.0 Å². The van der Waals surface area contributed by atoms with Gasteiger partial charge < -0.3 is 19.3 Å². The number of carbonyl (C=O) groups is 4. The van der Waals surface area contributed by atoms with Crippen molar-refractivity contribution in [1.82, 2.24) is 0 Å². The fraction of sp³-hybridized carbons (Fsp3) is 0.289. The molecule has 8 rings (SSSR count). The number of amides is 4. The average Bonchev–Trinajstić information content (AvgIpc) is 3.59. The van der Waals surface area contributed by atoms with E-state index in [0.717, 1.165) is 27.7 Å². The number of hydrogen-bond donors (Lipinski definition) is 1. The van der Waals surface area contributed by atoms with Gasteiger partial charge in [-0.2, -0.15) is 0 Å². The molecule has 3 fully saturated rings. The zero-order valence-corrected chi connectivity index (χ0v) is 32.2. The quantitative estimate of drug-likeness (QED) is 0.0998. The maximum Gasteiger partial charge on any atom is 0.241 e. The molecule has 4 aliphatic rings. The highest BCUT2D eigenvalue weighted by atomic mass is 35.5. The van der Waals surface area contributed by atoms with Gasteiger partial charge >= 0.3 is 0 Å². The van der Waals surface area contributed by atoms with Gasteiger partial charge in [-0.05, 0) is 85.8 Å². The van der Waals surface area contributed by atoms with Gasteiger partial charge in [0.2, 0.25) is 23.6 Å². The predicted molar refractivity (Wildman–Crippen MR) is 212 cm³/mol. The standard InChI is InChI=1S/C45H40ClFN2O8/c1-45-34(42(52)49(44(45)54)28-14-18-36(47)35(46)23-28)24-33-30(40(45)31-6-4-5-7-38(31)57-21-20-50)16-17-32-39(33)43(53)48(41(32)51)27-12-9-25(10-13-27)8-11-26-22-29(55-2)15-19-37(26)56-3/h4-16,18-19,22-23,32-34,39-40,50H,17,20-21,24H2,1-3H3/t32-,33+,34-,39-,40+,45+/m0/s1. The topological polar surface area (TPSA) is 123 Å². The number of hydrogen-bond acceptors (Lipinski definition) is 8. The third-order valence-electron chi connectivity index (χ3n) is 12.1. The van der Waals surface area contributed by atoms with Crippen LogP contribution in [0.5, 0.6) is 17.2 Å². The number of fused-ring (bicyclic) bond motifs is 4. The van der Waals surface area contributed by atoms with Gasteiger partial charge in [-0.25, -0.2) is 9.29 Å². The molecule has 2 heterocycles. The van der Waals surface area contributed by atoms with Crippen LogP contribution in [0.4, 0.5) is 15.8 Å². The first-order chi connectivity index (χ1) is 27.5. The summed E-state index contributed by atoms with van der Waals surface area (Å²) in [5.74, 6) is -4.22. The molecule has 2 aliphatic carbocycles. The van der Waals surface area contributed by atoms with E-state index < -0.39 is 52.6 Å². The Balaban J connectivity index is 1.15. The molecule has 292 valence electrons. The van der Waals surface area contributed by atoms with E-state index in [2.05, 4.69) is 0 Å². The Morgan fingerprint density at radius 3 is 2.32 bits per heavy atom. The lowest BCUT2D eigenvalue weighted by Crippen LogP contribution is -2.49. The number of ether oxygens (including phenoxy) is 3. The van der Waals surface area contributed by atoms with Crippen LogP contribution in [0.15, 0.2) is 96.6 Å². The van der Waals surface area contributed by atoms with Crippen molar-refractivity contribution in [2.75, 3.05) is 37.2 Å². The molecule has 2 aliphatic heterocycles. The lowest BCUT2D eigenvalue weighted by atomic mass is 9.51. The monoisotopic (exact) mass is 790 g/mol. The Morgan fingerprint density at radius 2 is 1.60 bits per heavy atom. The largest absolute Gasteiger partial charge is 0.497 e. The van der Waals surface area contributed by atoms with Gasteiger partial charge in [0.15, 0.2) is 0 Å². The van der Waals surface area contributed by atoms with Gasteiger partial charge in [0.25, 0.3) is 0 Å². The van der Waals surface area contributed by atoms with Crippen LogP contribution >= 0.6 is 11.6 Å². The molecule has 0 bridgehead atoms. The smallest absolute Gasteiger partial charge is 0.241 e. The van der Waals surface area contributed by atoms with Gasteiger partial charge in [0, 0.05) is 17.0 Å². The maximum atomic E-state index is 14.8. The highest BCUT2D eigenvalue weighted by molar-refractivity contribution is 6.32. The fourth-order valence-electron chi connectivity index (χ4n) is 9.38. The summed E-state index contributed by atoms with van der Waals surface area (Å²) in [5.41, 5.74) is 2.28. The summed E-state index contributed by atoms with van der Waals surface area (Å²) in [6.07, 6.45) is 6.16. The van der Waals surface area contributed by atoms with Gasteiger partial charge in [-0.3, -0.25) is 24.1 Å². The van der Waals surface area contributed by atoms with E-state index in [9.17, 15) is 28.7 Å². The number of aliphatic hydroxyl groups excluding tert-OH is 1. The summed E-state index contributed by atoms with van der Waals surface area (Å²) >= 11 is 6.14. The van der Waals surface area contributed by atoms with Crippen molar-refractivity contribution < 1.29 is 42.9 Å². The zero-order chi connectivity index (χ0) is 40.2. The third-order valence-corrected chi connectivity index (χ3v) is 12.3. The molecule has 0 radical (unpaired) electrons. The summed E-state index contributed by atoms with van der Waals surface area (Å²) in [6, 6.07) is 23.5. The van der Waals surface area contributed by atoms with Crippen molar-refractivity contribution in [1.29, 1.82) is 0 Å². The Bertz CT molecular complexity index is 2360. The number of aliphatic hydroxyl groups is 1. The summed E-state index contributed by atoms with van der Waals surface area (Å²) in [7, 11) is 3.19. The number of para-hydroxylation sites is 1. The normalized spacial score (nSPS) is 25.4. The summed E-state index contributed by atoms with van der Waals surface area (Å²) < 4.78 is 31.1. The number of anilines is 2. The van der Waals surface area contributed by atoms with E-state index in [1.807, 2.05) is 60.7 Å². The van der Waals surface area contributed by atoms with Crippen LogP contribution in [-0.2, 0) is 19.2 Å². The molecule has 2 saturated heterocycles.